The number of nitrogens with one attached hydrogen (secondary N) is 3. The van der Waals surface area contributed by atoms with Gasteiger partial charge in [-0.2, -0.15) is 0 Å². The molecule has 14 heteroatoms. The summed E-state index contributed by atoms with van der Waals surface area (Å²) >= 11 is 6.09. The van der Waals surface area contributed by atoms with E-state index in [1.54, 1.807) is 24.3 Å². The fourth-order valence-corrected chi connectivity index (χ4v) is 4.39. The number of nitrogens with two attached hydrogens (primary N) is 1. The van der Waals surface area contributed by atoms with E-state index in [4.69, 9.17) is 16.7 Å². The van der Waals surface area contributed by atoms with Crippen LogP contribution in [0, 0.1) is 0 Å². The van der Waals surface area contributed by atoms with Gasteiger partial charge in [-0.3, -0.25) is 14.4 Å². The fourth-order valence-electron chi connectivity index (χ4n) is 3.53. The molecule has 0 saturated carbocycles. The number of carbonyl (C=O) groups is 2. The van der Waals surface area contributed by atoms with Gasteiger partial charge in [0.25, 0.3) is 5.56 Å². The van der Waals surface area contributed by atoms with Gasteiger partial charge in [-0.25, -0.2) is 18.5 Å². The summed E-state index contributed by atoms with van der Waals surface area (Å²) in [6.45, 7) is -0.266. The lowest BCUT2D eigenvalue weighted by Crippen LogP contribution is -2.19. The Morgan fingerprint density at radius 2 is 2.00 bits per heavy atom. The smallest absolute Gasteiger partial charge is 0.260 e. The van der Waals surface area contributed by atoms with Crippen molar-refractivity contribution in [3.8, 4) is 16.9 Å². The van der Waals surface area contributed by atoms with Gasteiger partial charge in [0.2, 0.25) is 22.3 Å². The van der Waals surface area contributed by atoms with Crippen molar-refractivity contribution in [2.24, 2.45) is 5.14 Å². The van der Waals surface area contributed by atoms with E-state index in [-0.39, 0.29) is 40.8 Å². The third-order valence-electron chi connectivity index (χ3n) is 5.03. The van der Waals surface area contributed by atoms with Crippen LogP contribution >= 0.6 is 11.6 Å². The van der Waals surface area contributed by atoms with Crippen LogP contribution in [0.3, 0.4) is 0 Å². The number of sulfonamides is 1. The number of benzene rings is 2. The quantitative estimate of drug-likeness (QED) is 0.182. The summed E-state index contributed by atoms with van der Waals surface area (Å²) in [5.41, 5.74) is 0.00373. The number of anilines is 2. The number of carbonyl (C=O) groups excluding carboxylic acids is 2. The summed E-state index contributed by atoms with van der Waals surface area (Å²) in [4.78, 5) is 42.3. The molecule has 180 valence electrons. The normalized spacial score (nSPS) is 11.4. The van der Waals surface area contributed by atoms with Crippen molar-refractivity contribution in [1.82, 2.24) is 14.5 Å². The van der Waals surface area contributed by atoms with Gasteiger partial charge in [0, 0.05) is 11.8 Å². The molecule has 0 atom stereocenters. The number of hydrogen-bond acceptors (Lipinski definition) is 7. The Bertz CT molecular complexity index is 1650. The molecular formula is C21H17ClN6O6S. The highest BCUT2D eigenvalue weighted by Gasteiger charge is 2.23. The van der Waals surface area contributed by atoms with Crippen LogP contribution in [-0.2, 0) is 26.2 Å². The van der Waals surface area contributed by atoms with Crippen LogP contribution in [0.2, 0.25) is 5.02 Å². The summed E-state index contributed by atoms with van der Waals surface area (Å²) in [6, 6.07) is 8.95. The second kappa shape index (κ2) is 9.21. The van der Waals surface area contributed by atoms with Crippen molar-refractivity contribution < 1.29 is 23.1 Å². The van der Waals surface area contributed by atoms with Gasteiger partial charge in [-0.1, -0.05) is 23.7 Å². The molecule has 0 bridgehead atoms. The summed E-state index contributed by atoms with van der Waals surface area (Å²) in [5, 5.41) is 20.7. The molecule has 4 rings (SSSR count). The maximum Gasteiger partial charge on any atom is 0.260 e. The number of phenols is 1. The number of primary sulfonamides is 1. The zero-order valence-electron chi connectivity index (χ0n) is 17.6. The number of amides is 2. The molecule has 0 spiro atoms. The monoisotopic (exact) mass is 516 g/mol. The number of H-pyrrole nitrogens is 1. The number of phenolic OH excluding ortho intramolecular Hbond substituents is 1. The lowest BCUT2D eigenvalue weighted by molar-refractivity contribution is -0.116. The average Bonchev–Trinajstić information content (AvgIpc) is 3.15. The van der Waals surface area contributed by atoms with Crippen molar-refractivity contribution >= 4 is 56.3 Å². The number of hydrogen-bond donors (Lipinski definition) is 5. The van der Waals surface area contributed by atoms with E-state index in [9.17, 15) is 27.9 Å². The predicted molar refractivity (Wildman–Crippen MR) is 129 cm³/mol. The van der Waals surface area contributed by atoms with Gasteiger partial charge < -0.3 is 25.3 Å². The number of fused-ring (bicyclic) bond motifs is 1. The lowest BCUT2D eigenvalue weighted by Gasteiger charge is -2.11. The van der Waals surface area contributed by atoms with E-state index in [1.165, 1.54) is 16.8 Å². The van der Waals surface area contributed by atoms with E-state index in [0.717, 1.165) is 12.4 Å². The van der Waals surface area contributed by atoms with Crippen molar-refractivity contribution in [2.45, 2.75) is 11.4 Å². The molecule has 0 aliphatic rings. The molecule has 2 heterocycles. The standard InChI is InChI=1S/C21H17ClN6O6S/c22-13-3-1-2-4-14(13)27-17(30)8-28-7-12(18-20(28)24-9-25-21(18)32)11-5-15(26-10-29)19(31)16(6-11)35(23,33)34/h1-7,9-10,31H,8H2,(H,26,29)(H,27,30)(H2,23,33,34)(H,24,25,32). The maximum absolute atomic E-state index is 12.7. The molecular weight excluding hydrogens is 500 g/mol. The average molecular weight is 517 g/mol. The minimum atomic E-state index is -4.41. The van der Waals surface area contributed by atoms with Crippen LogP contribution in [0.1, 0.15) is 0 Å². The van der Waals surface area contributed by atoms with Gasteiger partial charge in [-0.15, -0.1) is 0 Å². The Kier molecular flexibility index (Phi) is 6.30. The molecule has 6 N–H and O–H groups in total. The first-order valence-corrected chi connectivity index (χ1v) is 11.7. The number of aromatic amines is 1. The molecule has 0 unspecified atom stereocenters. The fraction of sp³-hybridized carbons (Fsp3) is 0.0476. The summed E-state index contributed by atoms with van der Waals surface area (Å²) in [5.74, 6) is -1.24. The molecule has 4 aromatic rings. The van der Waals surface area contributed by atoms with E-state index in [0.29, 0.717) is 10.7 Å². The van der Waals surface area contributed by atoms with E-state index < -0.39 is 32.1 Å². The SMILES string of the molecule is NS(=O)(=O)c1cc(-c2cn(CC(=O)Nc3ccccc3Cl)c3nc[nH]c(=O)c23)cc(NC=O)c1O. The highest BCUT2D eigenvalue weighted by Crippen LogP contribution is 2.38. The van der Waals surface area contributed by atoms with Crippen molar-refractivity contribution in [2.75, 3.05) is 10.6 Å². The summed E-state index contributed by atoms with van der Waals surface area (Å²) < 4.78 is 25.4. The number of nitrogens with zero attached hydrogens (tertiary/aromatic N) is 2. The van der Waals surface area contributed by atoms with Gasteiger partial charge >= 0.3 is 0 Å². The number of para-hydroxylation sites is 1. The summed E-state index contributed by atoms with van der Waals surface area (Å²) in [7, 11) is -4.41. The van der Waals surface area contributed by atoms with Crippen LogP contribution in [0.4, 0.5) is 11.4 Å². The van der Waals surface area contributed by atoms with E-state index >= 15 is 0 Å². The Hall–Kier alpha value is -4.20. The number of aromatic hydroxyl groups is 1. The third-order valence-corrected chi connectivity index (χ3v) is 6.28. The largest absolute Gasteiger partial charge is 0.504 e. The van der Waals surface area contributed by atoms with Crippen LogP contribution in [0.15, 0.2) is 58.6 Å². The Morgan fingerprint density at radius 3 is 2.69 bits per heavy atom. The first kappa shape index (κ1) is 23.9. The number of aromatic nitrogens is 3. The van der Waals surface area contributed by atoms with Crippen molar-refractivity contribution in [3.05, 3.63) is 64.3 Å². The van der Waals surface area contributed by atoms with Gasteiger partial charge in [-0.05, 0) is 29.8 Å². The van der Waals surface area contributed by atoms with E-state index in [2.05, 4.69) is 20.6 Å². The van der Waals surface area contributed by atoms with E-state index in [1.807, 2.05) is 0 Å². The van der Waals surface area contributed by atoms with Crippen molar-refractivity contribution in [1.29, 1.82) is 0 Å². The molecule has 0 saturated heterocycles. The van der Waals surface area contributed by atoms with Crippen LogP contribution in [0.25, 0.3) is 22.2 Å². The highest BCUT2D eigenvalue weighted by molar-refractivity contribution is 7.89. The second-order valence-corrected chi connectivity index (χ2v) is 9.24. The number of halogens is 1. The molecule has 0 radical (unpaired) electrons. The Morgan fingerprint density at radius 1 is 1.26 bits per heavy atom. The molecule has 2 aromatic carbocycles. The molecule has 35 heavy (non-hydrogen) atoms. The molecule has 0 aliphatic heterocycles. The van der Waals surface area contributed by atoms with Gasteiger partial charge in [0.05, 0.1) is 28.1 Å². The van der Waals surface area contributed by atoms with Crippen LogP contribution in [0.5, 0.6) is 5.75 Å². The third kappa shape index (κ3) is 4.73. The zero-order chi connectivity index (χ0) is 25.3. The molecule has 2 aromatic heterocycles. The summed E-state index contributed by atoms with van der Waals surface area (Å²) in [6.07, 6.45) is 2.81. The predicted octanol–water partition coefficient (Wildman–Crippen LogP) is 1.60. The minimum absolute atomic E-state index is 0.0427. The first-order valence-electron chi connectivity index (χ1n) is 9.81. The second-order valence-electron chi connectivity index (χ2n) is 7.31. The van der Waals surface area contributed by atoms with Crippen molar-refractivity contribution in [3.63, 3.8) is 0 Å². The Balaban J connectivity index is 1.85. The minimum Gasteiger partial charge on any atom is -0.504 e. The van der Waals surface area contributed by atoms with Crippen LogP contribution < -0.4 is 21.3 Å². The van der Waals surface area contributed by atoms with Gasteiger partial charge in [0.1, 0.15) is 17.1 Å². The zero-order valence-corrected chi connectivity index (χ0v) is 19.2. The molecule has 2 amide bonds. The number of rotatable bonds is 7. The maximum atomic E-state index is 12.7. The molecule has 0 aliphatic carbocycles. The lowest BCUT2D eigenvalue weighted by atomic mass is 10.1. The Labute approximate surface area is 202 Å². The van der Waals surface area contributed by atoms with Crippen LogP contribution in [-0.4, -0.2) is 40.4 Å². The topological polar surface area (TPSA) is 189 Å². The first-order chi connectivity index (χ1) is 16.6. The van der Waals surface area contributed by atoms with Gasteiger partial charge in [0.15, 0.2) is 5.75 Å². The highest BCUT2D eigenvalue weighted by atomic mass is 35.5. The molecule has 12 nitrogen and oxygen atoms in total. The molecule has 0 fully saturated rings.